The maximum absolute atomic E-state index is 13.2. The number of fused-ring (bicyclic) bond motifs is 5. The highest BCUT2D eigenvalue weighted by Crippen LogP contribution is 2.41. The number of aromatic nitrogens is 2. The Morgan fingerprint density at radius 3 is 2.93 bits per heavy atom. The van der Waals surface area contributed by atoms with E-state index in [1.165, 1.54) is 11.3 Å². The van der Waals surface area contributed by atoms with E-state index in [1.807, 2.05) is 11.0 Å². The molecule has 2 aromatic rings. The van der Waals surface area contributed by atoms with Crippen LogP contribution in [-0.4, -0.2) is 45.2 Å². The van der Waals surface area contributed by atoms with Crippen molar-refractivity contribution >= 4 is 17.2 Å². The molecule has 0 saturated carbocycles. The minimum atomic E-state index is -0.259. The second kappa shape index (κ2) is 6.56. The summed E-state index contributed by atoms with van der Waals surface area (Å²) >= 11 is 1.55. The third-order valence-electron chi connectivity index (χ3n) is 6.30. The van der Waals surface area contributed by atoms with Gasteiger partial charge in [0.25, 0.3) is 11.5 Å². The van der Waals surface area contributed by atoms with Crippen LogP contribution < -0.4 is 5.56 Å². The molecule has 1 N–H and O–H groups in total. The molecule has 5 rings (SSSR count). The number of amides is 1. The summed E-state index contributed by atoms with van der Waals surface area (Å²) in [6.07, 6.45) is 5.26. The maximum atomic E-state index is 13.2. The van der Waals surface area contributed by atoms with Crippen LogP contribution in [0.15, 0.2) is 23.0 Å². The summed E-state index contributed by atoms with van der Waals surface area (Å²) in [7, 11) is 0. The van der Waals surface area contributed by atoms with Gasteiger partial charge >= 0.3 is 0 Å². The van der Waals surface area contributed by atoms with Crippen LogP contribution in [-0.2, 0) is 12.8 Å². The van der Waals surface area contributed by atoms with E-state index in [2.05, 4.69) is 4.98 Å². The van der Waals surface area contributed by atoms with E-state index in [1.54, 1.807) is 28.0 Å². The number of pyridine rings is 1. The predicted molar refractivity (Wildman–Crippen MR) is 102 cm³/mol. The van der Waals surface area contributed by atoms with Crippen molar-refractivity contribution in [2.24, 2.45) is 5.92 Å². The number of carbonyl (C=O) groups excluding carboxylic acids is 1. The van der Waals surface area contributed by atoms with Crippen molar-refractivity contribution in [3.8, 4) is 0 Å². The average molecular weight is 385 g/mol. The van der Waals surface area contributed by atoms with Gasteiger partial charge in [0, 0.05) is 41.6 Å². The number of piperidine rings is 1. The Morgan fingerprint density at radius 2 is 2.11 bits per heavy atom. The van der Waals surface area contributed by atoms with Gasteiger partial charge in [-0.2, -0.15) is 0 Å². The Bertz CT molecular complexity index is 927. The lowest BCUT2D eigenvalue weighted by atomic mass is 9.78. The average Bonchev–Trinajstić information content (AvgIpc) is 3.12. The van der Waals surface area contributed by atoms with Crippen LogP contribution in [0.4, 0.5) is 0 Å². The van der Waals surface area contributed by atoms with E-state index in [-0.39, 0.29) is 36.0 Å². The molecule has 2 bridgehead atoms. The van der Waals surface area contributed by atoms with E-state index in [0.717, 1.165) is 37.1 Å². The Hall–Kier alpha value is -1.99. The molecule has 1 fully saturated rings. The van der Waals surface area contributed by atoms with Crippen LogP contribution in [0.1, 0.15) is 57.3 Å². The largest absolute Gasteiger partial charge is 0.394 e. The number of aryl methyl sites for hydroxylation is 2. The summed E-state index contributed by atoms with van der Waals surface area (Å²) in [6, 6.07) is 5.03. The number of hydrogen-bond donors (Lipinski definition) is 1. The molecule has 0 spiro atoms. The summed E-state index contributed by atoms with van der Waals surface area (Å²) in [5.41, 5.74) is 1.99. The van der Waals surface area contributed by atoms with Gasteiger partial charge in [-0.1, -0.05) is 6.07 Å². The second-order valence-corrected chi connectivity index (χ2v) is 8.99. The highest BCUT2D eigenvalue weighted by molar-refractivity contribution is 7.13. The topological polar surface area (TPSA) is 75.4 Å². The standard InChI is InChI=1S/C20H23N3O3S/c24-11-16-13-8-12(15-5-3-7-18(25)23(15)16)9-22(10-13)20(26)19-21-14-4-1-2-6-17(14)27-19/h3,5,7,12-13,16,24H,1-2,4,6,8-11H2/t12-,13+,16+/m1/s1. The number of likely N-dealkylation sites (tertiary alicyclic amines) is 1. The smallest absolute Gasteiger partial charge is 0.282 e. The fraction of sp³-hybridized carbons (Fsp3) is 0.550. The molecule has 0 aromatic carbocycles. The van der Waals surface area contributed by atoms with E-state index >= 15 is 0 Å². The molecule has 0 radical (unpaired) electrons. The molecule has 2 aromatic heterocycles. The number of thiazole rings is 1. The third kappa shape index (κ3) is 2.75. The first-order valence-electron chi connectivity index (χ1n) is 9.76. The van der Waals surface area contributed by atoms with Crippen LogP contribution in [0.2, 0.25) is 0 Å². The fourth-order valence-electron chi connectivity index (χ4n) is 5.02. The minimum absolute atomic E-state index is 0.00696. The molecule has 3 atom stereocenters. The summed E-state index contributed by atoms with van der Waals surface area (Å²) in [5, 5.41) is 10.6. The molecule has 142 valence electrons. The van der Waals surface area contributed by atoms with Crippen molar-refractivity contribution in [3.63, 3.8) is 0 Å². The van der Waals surface area contributed by atoms with Gasteiger partial charge in [0.1, 0.15) is 0 Å². The normalized spacial score (nSPS) is 26.4. The molecule has 1 amide bonds. The molecule has 4 heterocycles. The molecule has 7 heteroatoms. The number of rotatable bonds is 2. The van der Waals surface area contributed by atoms with Crippen molar-refractivity contribution in [1.29, 1.82) is 0 Å². The van der Waals surface area contributed by atoms with Gasteiger partial charge in [-0.25, -0.2) is 4.98 Å². The highest BCUT2D eigenvalue weighted by Gasteiger charge is 2.42. The lowest BCUT2D eigenvalue weighted by molar-refractivity contribution is 0.0437. The number of aliphatic hydroxyl groups excluding tert-OH is 1. The van der Waals surface area contributed by atoms with Crippen LogP contribution in [0, 0.1) is 5.92 Å². The van der Waals surface area contributed by atoms with Crippen molar-refractivity contribution in [1.82, 2.24) is 14.5 Å². The van der Waals surface area contributed by atoms with Gasteiger partial charge in [0.05, 0.1) is 18.3 Å². The molecule has 1 saturated heterocycles. The molecular weight excluding hydrogens is 362 g/mol. The summed E-state index contributed by atoms with van der Waals surface area (Å²) in [4.78, 5) is 33.3. The highest BCUT2D eigenvalue weighted by atomic mass is 32.1. The van der Waals surface area contributed by atoms with E-state index in [9.17, 15) is 14.7 Å². The monoisotopic (exact) mass is 385 g/mol. The Morgan fingerprint density at radius 1 is 1.26 bits per heavy atom. The van der Waals surface area contributed by atoms with Gasteiger partial charge in [0.2, 0.25) is 0 Å². The zero-order chi connectivity index (χ0) is 18.5. The van der Waals surface area contributed by atoms with Crippen LogP contribution >= 0.6 is 11.3 Å². The minimum Gasteiger partial charge on any atom is -0.394 e. The maximum Gasteiger partial charge on any atom is 0.282 e. The lowest BCUT2D eigenvalue weighted by Crippen LogP contribution is -2.51. The number of nitrogens with zero attached hydrogens (tertiary/aromatic N) is 3. The lowest BCUT2D eigenvalue weighted by Gasteiger charge is -2.46. The Labute approximate surface area is 161 Å². The van der Waals surface area contributed by atoms with E-state index in [4.69, 9.17) is 0 Å². The van der Waals surface area contributed by atoms with Crippen molar-refractivity contribution < 1.29 is 9.90 Å². The quantitative estimate of drug-likeness (QED) is 0.858. The summed E-state index contributed by atoms with van der Waals surface area (Å²) < 4.78 is 1.75. The first kappa shape index (κ1) is 17.1. The first-order chi connectivity index (χ1) is 13.2. The fourth-order valence-corrected chi connectivity index (χ4v) is 6.14. The molecule has 6 nitrogen and oxygen atoms in total. The van der Waals surface area contributed by atoms with Gasteiger partial charge in [-0.3, -0.25) is 9.59 Å². The van der Waals surface area contributed by atoms with Gasteiger partial charge in [-0.05, 0) is 38.2 Å². The second-order valence-electron chi connectivity index (χ2n) is 7.91. The van der Waals surface area contributed by atoms with Crippen molar-refractivity contribution in [2.75, 3.05) is 19.7 Å². The van der Waals surface area contributed by atoms with Crippen molar-refractivity contribution in [3.05, 3.63) is 49.8 Å². The Balaban J connectivity index is 1.46. The predicted octanol–water partition coefficient (Wildman–Crippen LogP) is 1.98. The molecular formula is C20H23N3O3S. The Kier molecular flexibility index (Phi) is 4.16. The third-order valence-corrected chi connectivity index (χ3v) is 7.45. The molecule has 1 aliphatic carbocycles. The first-order valence-corrected chi connectivity index (χ1v) is 10.6. The number of hydrogen-bond acceptors (Lipinski definition) is 5. The molecule has 27 heavy (non-hydrogen) atoms. The molecule has 3 aliphatic rings. The van der Waals surface area contributed by atoms with Crippen molar-refractivity contribution in [2.45, 2.75) is 44.1 Å². The summed E-state index contributed by atoms with van der Waals surface area (Å²) in [6.45, 7) is 1.11. The summed E-state index contributed by atoms with van der Waals surface area (Å²) in [5.74, 6) is 0.242. The van der Waals surface area contributed by atoms with Crippen LogP contribution in [0.3, 0.4) is 0 Å². The van der Waals surface area contributed by atoms with Crippen LogP contribution in [0.5, 0.6) is 0 Å². The number of aliphatic hydroxyl groups is 1. The van der Waals surface area contributed by atoms with Gasteiger partial charge in [-0.15, -0.1) is 11.3 Å². The zero-order valence-corrected chi connectivity index (χ0v) is 16.0. The van der Waals surface area contributed by atoms with Gasteiger partial charge in [0.15, 0.2) is 5.01 Å². The number of carbonyl (C=O) groups is 1. The zero-order valence-electron chi connectivity index (χ0n) is 15.1. The van der Waals surface area contributed by atoms with E-state index < -0.39 is 0 Å². The molecule has 2 aliphatic heterocycles. The van der Waals surface area contributed by atoms with E-state index in [0.29, 0.717) is 18.1 Å². The van der Waals surface area contributed by atoms with Crippen LogP contribution in [0.25, 0.3) is 0 Å². The molecule has 0 unspecified atom stereocenters. The SMILES string of the molecule is O=C(c1nc2c(s1)CCCC2)N1C[C@H]2C[C@@H](C1)[C@H](CO)n1c2cccc1=O. The van der Waals surface area contributed by atoms with Gasteiger partial charge < -0.3 is 14.6 Å².